The molecule has 0 heterocycles. The number of hydrogen-bond donors (Lipinski definition) is 1. The normalized spacial score (nSPS) is 16.6. The smallest absolute Gasteiger partial charge is 0.0761 e. The lowest BCUT2D eigenvalue weighted by molar-refractivity contribution is 0.131. The van der Waals surface area contributed by atoms with E-state index in [0.29, 0.717) is 0 Å². The number of benzene rings is 1. The van der Waals surface area contributed by atoms with E-state index in [-0.39, 0.29) is 0 Å². The highest BCUT2D eigenvalue weighted by atomic mass is 16.5. The third-order valence-corrected chi connectivity index (χ3v) is 3.44. The molecular weight excluding hydrogens is 226 g/mol. The predicted octanol–water partition coefficient (Wildman–Crippen LogP) is 2.60. The van der Waals surface area contributed by atoms with Gasteiger partial charge in [0.15, 0.2) is 0 Å². The molecule has 1 atom stereocenters. The molecule has 0 spiro atoms. The summed E-state index contributed by atoms with van der Waals surface area (Å²) in [5.74, 6) is 0.834. The minimum atomic E-state index is -0.397. The zero-order valence-corrected chi connectivity index (χ0v) is 11.3. The molecule has 100 valence electrons. The third-order valence-electron chi connectivity index (χ3n) is 3.44. The second kappa shape index (κ2) is 6.21. The van der Waals surface area contributed by atoms with E-state index in [4.69, 9.17) is 4.74 Å². The number of nitrogens with zero attached hydrogens (tertiary/aromatic N) is 1. The van der Waals surface area contributed by atoms with Crippen LogP contribution < -0.4 is 4.90 Å². The van der Waals surface area contributed by atoms with Gasteiger partial charge in [-0.3, -0.25) is 0 Å². The Labute approximate surface area is 109 Å². The van der Waals surface area contributed by atoms with Crippen LogP contribution in [0.15, 0.2) is 24.3 Å². The van der Waals surface area contributed by atoms with Crippen LogP contribution in [-0.4, -0.2) is 31.9 Å². The molecule has 0 amide bonds. The van der Waals surface area contributed by atoms with Crippen molar-refractivity contribution in [3.05, 3.63) is 29.8 Å². The standard InChI is InChI=1S/C15H23NO2/c1-12(17)14-5-7-15(8-6-14)16(2)9-10-18-11-13-3-4-13/h5-8,12-13,17H,3-4,9-11H2,1-2H3/t12-/m0/s1. The quantitative estimate of drug-likeness (QED) is 0.754. The Bertz CT molecular complexity index is 357. The minimum Gasteiger partial charge on any atom is -0.389 e. The molecule has 3 nitrogen and oxygen atoms in total. The molecule has 0 saturated heterocycles. The van der Waals surface area contributed by atoms with E-state index in [9.17, 15) is 5.11 Å². The van der Waals surface area contributed by atoms with Crippen LogP contribution in [-0.2, 0) is 4.74 Å². The average Bonchev–Trinajstić information content (AvgIpc) is 3.18. The van der Waals surface area contributed by atoms with Gasteiger partial charge in [-0.1, -0.05) is 12.1 Å². The minimum absolute atomic E-state index is 0.397. The van der Waals surface area contributed by atoms with Gasteiger partial charge in [0, 0.05) is 25.9 Å². The van der Waals surface area contributed by atoms with Crippen LogP contribution in [0.4, 0.5) is 5.69 Å². The van der Waals surface area contributed by atoms with Crippen LogP contribution in [0.2, 0.25) is 0 Å². The molecule has 1 aromatic rings. The third kappa shape index (κ3) is 4.00. The fraction of sp³-hybridized carbons (Fsp3) is 0.600. The lowest BCUT2D eigenvalue weighted by Gasteiger charge is -2.19. The van der Waals surface area contributed by atoms with Gasteiger partial charge in [0.2, 0.25) is 0 Å². The van der Waals surface area contributed by atoms with E-state index in [2.05, 4.69) is 11.9 Å². The van der Waals surface area contributed by atoms with Crippen molar-refractivity contribution >= 4 is 5.69 Å². The van der Waals surface area contributed by atoms with Gasteiger partial charge in [0.1, 0.15) is 0 Å². The first kappa shape index (κ1) is 13.4. The van der Waals surface area contributed by atoms with Crippen molar-refractivity contribution in [1.29, 1.82) is 0 Å². The molecule has 1 aliphatic rings. The summed E-state index contributed by atoms with van der Waals surface area (Å²) >= 11 is 0. The summed E-state index contributed by atoms with van der Waals surface area (Å²) in [6.45, 7) is 4.39. The van der Waals surface area contributed by atoms with E-state index in [1.807, 2.05) is 24.3 Å². The highest BCUT2D eigenvalue weighted by Gasteiger charge is 2.20. The molecule has 1 saturated carbocycles. The Kier molecular flexibility index (Phi) is 4.61. The van der Waals surface area contributed by atoms with Crippen molar-refractivity contribution in [2.24, 2.45) is 5.92 Å². The molecule has 3 heteroatoms. The van der Waals surface area contributed by atoms with Gasteiger partial charge in [-0.2, -0.15) is 0 Å². The lowest BCUT2D eigenvalue weighted by atomic mass is 10.1. The van der Waals surface area contributed by atoms with Gasteiger partial charge < -0.3 is 14.7 Å². The number of rotatable bonds is 7. The Morgan fingerprint density at radius 1 is 1.33 bits per heavy atom. The van der Waals surface area contributed by atoms with Crippen molar-refractivity contribution in [3.63, 3.8) is 0 Å². The second-order valence-electron chi connectivity index (χ2n) is 5.21. The lowest BCUT2D eigenvalue weighted by Crippen LogP contribution is -2.22. The van der Waals surface area contributed by atoms with Gasteiger partial charge in [0.05, 0.1) is 12.7 Å². The van der Waals surface area contributed by atoms with Gasteiger partial charge in [-0.25, -0.2) is 0 Å². The van der Waals surface area contributed by atoms with Crippen LogP contribution >= 0.6 is 0 Å². The maximum Gasteiger partial charge on any atom is 0.0761 e. The number of likely N-dealkylation sites (N-methyl/N-ethyl adjacent to an activating group) is 1. The van der Waals surface area contributed by atoms with E-state index in [1.54, 1.807) is 6.92 Å². The fourth-order valence-electron chi connectivity index (χ4n) is 1.87. The summed E-state index contributed by atoms with van der Waals surface area (Å²) in [7, 11) is 2.07. The number of ether oxygens (including phenoxy) is 1. The summed E-state index contributed by atoms with van der Waals surface area (Å²) < 4.78 is 5.63. The zero-order valence-electron chi connectivity index (χ0n) is 11.3. The summed E-state index contributed by atoms with van der Waals surface area (Å²) in [6, 6.07) is 8.04. The fourth-order valence-corrected chi connectivity index (χ4v) is 1.87. The molecular formula is C15H23NO2. The molecule has 1 N–H and O–H groups in total. The van der Waals surface area contributed by atoms with Crippen molar-refractivity contribution in [1.82, 2.24) is 0 Å². The van der Waals surface area contributed by atoms with Crippen LogP contribution in [0.5, 0.6) is 0 Å². The monoisotopic (exact) mass is 249 g/mol. The van der Waals surface area contributed by atoms with Crippen LogP contribution in [0.25, 0.3) is 0 Å². The highest BCUT2D eigenvalue weighted by molar-refractivity contribution is 5.47. The molecule has 1 aromatic carbocycles. The van der Waals surface area contributed by atoms with Crippen LogP contribution in [0.3, 0.4) is 0 Å². The Morgan fingerprint density at radius 3 is 2.56 bits per heavy atom. The summed E-state index contributed by atoms with van der Waals surface area (Å²) in [5.41, 5.74) is 2.12. The molecule has 0 radical (unpaired) electrons. The Morgan fingerprint density at radius 2 is 2.00 bits per heavy atom. The predicted molar refractivity (Wildman–Crippen MR) is 73.9 cm³/mol. The number of hydrogen-bond acceptors (Lipinski definition) is 3. The average molecular weight is 249 g/mol. The summed E-state index contributed by atoms with van der Waals surface area (Å²) in [6.07, 6.45) is 2.29. The van der Waals surface area contributed by atoms with Crippen molar-refractivity contribution in [2.75, 3.05) is 31.7 Å². The largest absolute Gasteiger partial charge is 0.389 e. The van der Waals surface area contributed by atoms with Gasteiger partial charge in [-0.05, 0) is 43.4 Å². The van der Waals surface area contributed by atoms with Crippen LogP contribution in [0, 0.1) is 5.92 Å². The van der Waals surface area contributed by atoms with E-state index in [0.717, 1.165) is 36.9 Å². The van der Waals surface area contributed by atoms with Gasteiger partial charge >= 0.3 is 0 Å². The van der Waals surface area contributed by atoms with E-state index < -0.39 is 6.10 Å². The Balaban J connectivity index is 1.74. The first-order valence-electron chi connectivity index (χ1n) is 6.73. The van der Waals surface area contributed by atoms with Crippen LogP contribution in [0.1, 0.15) is 31.4 Å². The maximum atomic E-state index is 9.45. The first-order chi connectivity index (χ1) is 8.66. The van der Waals surface area contributed by atoms with Crippen molar-refractivity contribution in [3.8, 4) is 0 Å². The van der Waals surface area contributed by atoms with Crippen molar-refractivity contribution in [2.45, 2.75) is 25.9 Å². The molecule has 0 bridgehead atoms. The molecule has 18 heavy (non-hydrogen) atoms. The molecule has 0 unspecified atom stereocenters. The van der Waals surface area contributed by atoms with Crippen molar-refractivity contribution < 1.29 is 9.84 Å². The topological polar surface area (TPSA) is 32.7 Å². The molecule has 0 aromatic heterocycles. The first-order valence-corrected chi connectivity index (χ1v) is 6.73. The number of anilines is 1. The zero-order chi connectivity index (χ0) is 13.0. The molecule has 2 rings (SSSR count). The summed E-state index contributed by atoms with van der Waals surface area (Å²) in [5, 5.41) is 9.45. The van der Waals surface area contributed by atoms with E-state index in [1.165, 1.54) is 12.8 Å². The Hall–Kier alpha value is -1.06. The van der Waals surface area contributed by atoms with Gasteiger partial charge in [-0.15, -0.1) is 0 Å². The SMILES string of the molecule is C[C@H](O)c1ccc(N(C)CCOCC2CC2)cc1. The molecule has 1 aliphatic carbocycles. The molecule has 0 aliphatic heterocycles. The van der Waals surface area contributed by atoms with E-state index >= 15 is 0 Å². The maximum absolute atomic E-state index is 9.45. The highest BCUT2D eigenvalue weighted by Crippen LogP contribution is 2.28. The number of aliphatic hydroxyl groups is 1. The second-order valence-corrected chi connectivity index (χ2v) is 5.21. The molecule has 1 fully saturated rings. The summed E-state index contributed by atoms with van der Waals surface area (Å²) in [4.78, 5) is 2.18. The number of aliphatic hydroxyl groups excluding tert-OH is 1. The van der Waals surface area contributed by atoms with Gasteiger partial charge in [0.25, 0.3) is 0 Å².